The molecule has 2 aliphatic rings. The normalized spacial score (nSPS) is 22.7. The topological polar surface area (TPSA) is 79.5 Å². The predicted molar refractivity (Wildman–Crippen MR) is 108 cm³/mol. The standard InChI is InChI=1S/C15H17Br2N3O3S2/c1-14(6-15(14,16)17)12(22)19-20-13(24)18-10-9(11(21)23-2)7-4-3-5-8(7)25-10/h3-6H2,1-2H3,(H,19,22)(H2,18,20,24)/t14-/m0/s1. The number of hydrogen-bond donors (Lipinski definition) is 3. The first-order valence-electron chi connectivity index (χ1n) is 7.68. The van der Waals surface area contributed by atoms with Crippen LogP contribution in [0.5, 0.6) is 0 Å². The van der Waals surface area contributed by atoms with Crippen LogP contribution in [0.3, 0.4) is 0 Å². The number of rotatable bonds is 3. The highest BCUT2D eigenvalue weighted by Crippen LogP contribution is 2.66. The molecule has 25 heavy (non-hydrogen) atoms. The number of thiocarbonyl (C=S) groups is 1. The van der Waals surface area contributed by atoms with Gasteiger partial charge < -0.3 is 10.1 Å². The Morgan fingerprint density at radius 1 is 1.28 bits per heavy atom. The third kappa shape index (κ3) is 3.45. The number of alkyl halides is 2. The number of hydrazine groups is 1. The molecule has 3 N–H and O–H groups in total. The second kappa shape index (κ2) is 6.79. The Bertz CT molecular complexity index is 765. The number of fused-ring (bicyclic) bond motifs is 1. The molecule has 0 unspecified atom stereocenters. The molecule has 136 valence electrons. The lowest BCUT2D eigenvalue weighted by molar-refractivity contribution is -0.126. The summed E-state index contributed by atoms with van der Waals surface area (Å²) >= 11 is 13.7. The predicted octanol–water partition coefficient (Wildman–Crippen LogP) is 3.24. The molecule has 10 heteroatoms. The zero-order valence-electron chi connectivity index (χ0n) is 13.6. The highest BCUT2D eigenvalue weighted by Gasteiger charge is 2.66. The maximum absolute atomic E-state index is 12.2. The summed E-state index contributed by atoms with van der Waals surface area (Å²) in [5.41, 5.74) is 6.35. The van der Waals surface area contributed by atoms with Crippen LogP contribution >= 0.6 is 55.4 Å². The molecule has 0 spiro atoms. The van der Waals surface area contributed by atoms with Gasteiger partial charge in [0.05, 0.1) is 21.3 Å². The number of esters is 1. The van der Waals surface area contributed by atoms with E-state index in [2.05, 4.69) is 48.0 Å². The molecule has 3 rings (SSSR count). The second-order valence-electron chi connectivity index (χ2n) is 6.30. The second-order valence-corrected chi connectivity index (χ2v) is 11.6. The van der Waals surface area contributed by atoms with Gasteiger partial charge in [0.25, 0.3) is 0 Å². The van der Waals surface area contributed by atoms with Gasteiger partial charge in [-0.3, -0.25) is 15.6 Å². The van der Waals surface area contributed by atoms with Crippen LogP contribution < -0.4 is 16.2 Å². The van der Waals surface area contributed by atoms with Crippen molar-refractivity contribution >= 4 is 77.4 Å². The SMILES string of the molecule is COC(=O)c1c(NC(=S)NNC(=O)[C@]2(C)CC2(Br)Br)sc2c1CCC2. The number of hydrogen-bond acceptors (Lipinski definition) is 5. The van der Waals surface area contributed by atoms with Gasteiger partial charge in [-0.15, -0.1) is 11.3 Å². The quantitative estimate of drug-likeness (QED) is 0.251. The smallest absolute Gasteiger partial charge is 0.341 e. The van der Waals surface area contributed by atoms with Crippen LogP contribution in [-0.2, 0) is 22.4 Å². The number of ether oxygens (including phenoxy) is 1. The highest BCUT2D eigenvalue weighted by molar-refractivity contribution is 9.25. The van der Waals surface area contributed by atoms with Crippen LogP contribution in [-0.4, -0.2) is 27.3 Å². The van der Waals surface area contributed by atoms with E-state index in [1.165, 1.54) is 23.3 Å². The lowest BCUT2D eigenvalue weighted by Crippen LogP contribution is -2.47. The largest absolute Gasteiger partial charge is 0.465 e. The molecule has 1 aromatic rings. The zero-order valence-corrected chi connectivity index (χ0v) is 18.4. The third-order valence-corrected chi connectivity index (χ3v) is 8.31. The molecule has 1 fully saturated rings. The van der Waals surface area contributed by atoms with Crippen LogP contribution in [0, 0.1) is 5.41 Å². The van der Waals surface area contributed by atoms with Crippen molar-refractivity contribution in [2.75, 3.05) is 12.4 Å². The van der Waals surface area contributed by atoms with E-state index in [-0.39, 0.29) is 20.2 Å². The van der Waals surface area contributed by atoms with Crippen LogP contribution in [0.1, 0.15) is 40.6 Å². The number of methoxy groups -OCH3 is 1. The van der Waals surface area contributed by atoms with E-state index in [0.29, 0.717) is 17.0 Å². The van der Waals surface area contributed by atoms with Gasteiger partial charge in [-0.05, 0) is 50.4 Å². The monoisotopic (exact) mass is 509 g/mol. The number of thiophene rings is 1. The Labute approximate surface area is 171 Å². The van der Waals surface area contributed by atoms with Crippen molar-refractivity contribution in [1.29, 1.82) is 0 Å². The van der Waals surface area contributed by atoms with Crippen molar-refractivity contribution in [3.05, 3.63) is 16.0 Å². The summed E-state index contributed by atoms with van der Waals surface area (Å²) in [5, 5.41) is 3.87. The fraction of sp³-hybridized carbons (Fsp3) is 0.533. The van der Waals surface area contributed by atoms with Gasteiger partial charge in [0, 0.05) is 4.88 Å². The van der Waals surface area contributed by atoms with E-state index in [0.717, 1.165) is 24.8 Å². The van der Waals surface area contributed by atoms with E-state index >= 15 is 0 Å². The van der Waals surface area contributed by atoms with Crippen molar-refractivity contribution in [2.45, 2.75) is 35.8 Å². The fourth-order valence-electron chi connectivity index (χ4n) is 2.84. The lowest BCUT2D eigenvalue weighted by Gasteiger charge is -2.16. The van der Waals surface area contributed by atoms with E-state index in [9.17, 15) is 9.59 Å². The third-order valence-electron chi connectivity index (χ3n) is 4.59. The van der Waals surface area contributed by atoms with Crippen LogP contribution in [0.4, 0.5) is 5.00 Å². The molecular formula is C15H17Br2N3O3S2. The van der Waals surface area contributed by atoms with Gasteiger partial charge in [-0.1, -0.05) is 31.9 Å². The van der Waals surface area contributed by atoms with Gasteiger partial charge in [0.1, 0.15) is 5.00 Å². The van der Waals surface area contributed by atoms with Gasteiger partial charge in [-0.2, -0.15) is 0 Å². The molecule has 6 nitrogen and oxygen atoms in total. The summed E-state index contributed by atoms with van der Waals surface area (Å²) in [5.74, 6) is -0.546. The Balaban J connectivity index is 1.64. The van der Waals surface area contributed by atoms with Gasteiger partial charge in [0.2, 0.25) is 5.91 Å². The molecule has 1 heterocycles. The lowest BCUT2D eigenvalue weighted by atomic mass is 10.1. The number of amides is 1. The Morgan fingerprint density at radius 2 is 1.96 bits per heavy atom. The average Bonchev–Trinajstić information content (AvgIpc) is 2.88. The summed E-state index contributed by atoms with van der Waals surface area (Å²) in [4.78, 5) is 25.5. The minimum atomic E-state index is -0.545. The van der Waals surface area contributed by atoms with E-state index in [1.54, 1.807) is 0 Å². The number of carbonyl (C=O) groups excluding carboxylic acids is 2. The molecule has 1 amide bonds. The highest BCUT2D eigenvalue weighted by atomic mass is 79.9. The summed E-state index contributed by atoms with van der Waals surface area (Å²) in [6.45, 7) is 1.85. The first-order chi connectivity index (χ1) is 11.7. The maximum Gasteiger partial charge on any atom is 0.341 e. The van der Waals surface area contributed by atoms with Crippen molar-refractivity contribution < 1.29 is 14.3 Å². The molecule has 2 aliphatic carbocycles. The van der Waals surface area contributed by atoms with E-state index < -0.39 is 5.41 Å². The van der Waals surface area contributed by atoms with Crippen molar-refractivity contribution in [1.82, 2.24) is 10.9 Å². The van der Waals surface area contributed by atoms with Crippen molar-refractivity contribution in [2.24, 2.45) is 5.41 Å². The Kier molecular flexibility index (Phi) is 5.18. The maximum atomic E-state index is 12.2. The molecule has 0 bridgehead atoms. The summed E-state index contributed by atoms with van der Waals surface area (Å²) < 4.78 is 4.53. The molecular weight excluding hydrogens is 494 g/mol. The number of aryl methyl sites for hydroxylation is 1. The zero-order chi connectivity index (χ0) is 18.4. The Morgan fingerprint density at radius 3 is 2.56 bits per heavy atom. The molecule has 1 atom stereocenters. The van der Waals surface area contributed by atoms with Crippen molar-refractivity contribution in [3.63, 3.8) is 0 Å². The number of nitrogens with one attached hydrogen (secondary N) is 3. The molecule has 1 aromatic heterocycles. The van der Waals surface area contributed by atoms with Gasteiger partial charge in [-0.25, -0.2) is 4.79 Å². The minimum absolute atomic E-state index is 0.174. The molecule has 0 aliphatic heterocycles. The van der Waals surface area contributed by atoms with E-state index in [1.807, 2.05) is 6.92 Å². The Hall–Kier alpha value is -0.710. The van der Waals surface area contributed by atoms with Gasteiger partial charge >= 0.3 is 5.97 Å². The average molecular weight is 511 g/mol. The first-order valence-corrected chi connectivity index (χ1v) is 10.5. The number of anilines is 1. The van der Waals surface area contributed by atoms with E-state index in [4.69, 9.17) is 17.0 Å². The fourth-order valence-corrected chi connectivity index (χ4v) is 5.82. The minimum Gasteiger partial charge on any atom is -0.465 e. The van der Waals surface area contributed by atoms with Crippen LogP contribution in [0.15, 0.2) is 0 Å². The summed E-state index contributed by atoms with van der Waals surface area (Å²) in [6.07, 6.45) is 3.55. The van der Waals surface area contributed by atoms with Crippen molar-refractivity contribution in [3.8, 4) is 0 Å². The molecule has 0 radical (unpaired) electrons. The molecule has 0 aromatic carbocycles. The first kappa shape index (κ1) is 19.1. The molecule has 0 saturated heterocycles. The molecule has 1 saturated carbocycles. The van der Waals surface area contributed by atoms with Gasteiger partial charge in [0.15, 0.2) is 5.11 Å². The number of carbonyl (C=O) groups is 2. The van der Waals surface area contributed by atoms with Crippen LogP contribution in [0.25, 0.3) is 0 Å². The number of halogens is 2. The summed E-state index contributed by atoms with van der Waals surface area (Å²) in [7, 11) is 1.37. The summed E-state index contributed by atoms with van der Waals surface area (Å²) in [6, 6.07) is 0. The van der Waals surface area contributed by atoms with Crippen LogP contribution in [0.2, 0.25) is 0 Å².